The summed E-state index contributed by atoms with van der Waals surface area (Å²) < 4.78 is 19.3. The molecule has 0 amide bonds. The van der Waals surface area contributed by atoms with Crippen molar-refractivity contribution in [3.63, 3.8) is 0 Å². The van der Waals surface area contributed by atoms with Gasteiger partial charge in [0.25, 0.3) is 0 Å². The molecule has 0 saturated carbocycles. The zero-order chi connectivity index (χ0) is 20.5. The van der Waals surface area contributed by atoms with Crippen LogP contribution in [-0.2, 0) is 0 Å². The van der Waals surface area contributed by atoms with Gasteiger partial charge < -0.3 is 9.64 Å². The molecule has 0 radical (unpaired) electrons. The second kappa shape index (κ2) is 11.0. The fraction of sp³-hybridized carbons (Fsp3) is 0.333. The van der Waals surface area contributed by atoms with Gasteiger partial charge in [0.2, 0.25) is 0 Å². The zero-order valence-corrected chi connectivity index (χ0v) is 17.9. The number of rotatable bonds is 9. The average Bonchev–Trinajstić information content (AvgIpc) is 2.73. The molecule has 28 heavy (non-hydrogen) atoms. The minimum Gasteiger partial charge on any atom is -0.492 e. The number of nitrogens with zero attached hydrogens (tertiary/aromatic N) is 1. The van der Waals surface area contributed by atoms with E-state index in [4.69, 9.17) is 16.3 Å². The minimum absolute atomic E-state index is 0.265. The summed E-state index contributed by atoms with van der Waals surface area (Å²) in [5.41, 5.74) is 3.70. The second-order valence-corrected chi connectivity index (χ2v) is 6.95. The van der Waals surface area contributed by atoms with Gasteiger partial charge in [0.1, 0.15) is 18.2 Å². The Hall–Kier alpha value is -2.10. The Morgan fingerprint density at radius 3 is 2.04 bits per heavy atom. The normalized spacial score (nSPS) is 12.9. The first-order valence-corrected chi connectivity index (χ1v) is 10.1. The Labute approximate surface area is 173 Å². The van der Waals surface area contributed by atoms with Crippen molar-refractivity contribution in [2.75, 3.05) is 26.2 Å². The summed E-state index contributed by atoms with van der Waals surface area (Å²) in [5, 5.41) is 0.657. The third kappa shape index (κ3) is 5.95. The van der Waals surface area contributed by atoms with Crippen LogP contribution >= 0.6 is 11.6 Å². The van der Waals surface area contributed by atoms with Crippen LogP contribution in [0.4, 0.5) is 4.39 Å². The van der Waals surface area contributed by atoms with Gasteiger partial charge in [0.15, 0.2) is 0 Å². The zero-order valence-electron chi connectivity index (χ0n) is 17.1. The highest BCUT2D eigenvalue weighted by atomic mass is 35.5. The predicted octanol–water partition coefficient (Wildman–Crippen LogP) is 6.51. The van der Waals surface area contributed by atoms with Crippen LogP contribution in [-0.4, -0.2) is 31.1 Å². The maximum absolute atomic E-state index is 13.4. The van der Waals surface area contributed by atoms with Crippen molar-refractivity contribution >= 4 is 17.2 Å². The predicted molar refractivity (Wildman–Crippen MR) is 117 cm³/mol. The molecule has 0 atom stereocenters. The van der Waals surface area contributed by atoms with Crippen LogP contribution in [0.5, 0.6) is 5.75 Å². The number of benzene rings is 2. The molecule has 0 aliphatic heterocycles. The van der Waals surface area contributed by atoms with Crippen molar-refractivity contribution in [1.29, 1.82) is 0 Å². The molecule has 150 valence electrons. The molecule has 0 aromatic heterocycles. The second-order valence-electron chi connectivity index (χ2n) is 6.57. The lowest BCUT2D eigenvalue weighted by atomic mass is 9.95. The molecule has 0 aliphatic carbocycles. The van der Waals surface area contributed by atoms with Crippen molar-refractivity contribution in [3.05, 3.63) is 82.2 Å². The van der Waals surface area contributed by atoms with Crippen molar-refractivity contribution in [1.82, 2.24) is 4.90 Å². The first-order chi connectivity index (χ1) is 13.5. The number of likely N-dealkylation sites (N-methyl/N-ethyl adjacent to an activating group) is 1. The summed E-state index contributed by atoms with van der Waals surface area (Å²) in [7, 11) is 0. The van der Waals surface area contributed by atoms with Crippen LogP contribution in [0.3, 0.4) is 0 Å². The van der Waals surface area contributed by atoms with Gasteiger partial charge in [-0.25, -0.2) is 4.39 Å². The highest BCUT2D eigenvalue weighted by Gasteiger charge is 2.12. The summed E-state index contributed by atoms with van der Waals surface area (Å²) in [6.45, 7) is 11.8. The van der Waals surface area contributed by atoms with Crippen LogP contribution < -0.4 is 4.74 Å². The van der Waals surface area contributed by atoms with Gasteiger partial charge in [-0.3, -0.25) is 0 Å². The minimum atomic E-state index is -0.265. The Kier molecular flexibility index (Phi) is 8.75. The summed E-state index contributed by atoms with van der Waals surface area (Å²) >= 11 is 6.68. The van der Waals surface area contributed by atoms with Crippen molar-refractivity contribution in [2.45, 2.75) is 27.7 Å². The standard InChI is InChI=1S/C24H29ClFNO/c1-5-18(4)24(25)23(19-8-12-21(26)13-9-19)20-10-14-22(15-11-20)28-17-16-27(6-2)7-3/h5,8-15H,6-7,16-17H2,1-4H3/b18-5+,24-23+. The molecule has 0 aliphatic rings. The van der Waals surface area contributed by atoms with E-state index < -0.39 is 0 Å². The van der Waals surface area contributed by atoms with E-state index in [0.29, 0.717) is 11.6 Å². The highest BCUT2D eigenvalue weighted by molar-refractivity contribution is 6.35. The fourth-order valence-corrected chi connectivity index (χ4v) is 3.24. The molecule has 0 bridgehead atoms. The molecule has 2 nitrogen and oxygen atoms in total. The Morgan fingerprint density at radius 2 is 1.54 bits per heavy atom. The first-order valence-electron chi connectivity index (χ1n) is 9.74. The fourth-order valence-electron chi connectivity index (χ4n) is 2.91. The van der Waals surface area contributed by atoms with Gasteiger partial charge in [-0.2, -0.15) is 0 Å². The van der Waals surface area contributed by atoms with E-state index in [1.807, 2.05) is 44.2 Å². The molecule has 0 N–H and O–H groups in total. The van der Waals surface area contributed by atoms with Crippen LogP contribution in [0.2, 0.25) is 0 Å². The lowest BCUT2D eigenvalue weighted by molar-refractivity contribution is 0.223. The Morgan fingerprint density at radius 1 is 1.00 bits per heavy atom. The third-order valence-electron chi connectivity index (χ3n) is 4.85. The van der Waals surface area contributed by atoms with Gasteiger partial charge in [-0.15, -0.1) is 0 Å². The first kappa shape index (κ1) is 22.2. The third-order valence-corrected chi connectivity index (χ3v) is 5.33. The lowest BCUT2D eigenvalue weighted by Gasteiger charge is -2.18. The molecule has 4 heteroatoms. The van der Waals surface area contributed by atoms with Crippen LogP contribution in [0, 0.1) is 5.82 Å². The van der Waals surface area contributed by atoms with E-state index in [1.54, 1.807) is 12.1 Å². The van der Waals surface area contributed by atoms with E-state index in [2.05, 4.69) is 18.7 Å². The molecule has 2 aromatic carbocycles. The highest BCUT2D eigenvalue weighted by Crippen LogP contribution is 2.33. The van der Waals surface area contributed by atoms with Crippen molar-refractivity contribution in [2.24, 2.45) is 0 Å². The maximum Gasteiger partial charge on any atom is 0.123 e. The van der Waals surface area contributed by atoms with Gasteiger partial charge >= 0.3 is 0 Å². The van der Waals surface area contributed by atoms with Gasteiger partial charge in [0, 0.05) is 12.1 Å². The number of hydrogen-bond acceptors (Lipinski definition) is 2. The quantitative estimate of drug-likeness (QED) is 0.444. The molecule has 0 unspecified atom stereocenters. The maximum atomic E-state index is 13.4. The summed E-state index contributed by atoms with van der Waals surface area (Å²) in [6, 6.07) is 14.3. The summed E-state index contributed by atoms with van der Waals surface area (Å²) in [4.78, 5) is 2.32. The van der Waals surface area contributed by atoms with E-state index in [-0.39, 0.29) is 5.82 Å². The lowest BCUT2D eigenvalue weighted by Crippen LogP contribution is -2.27. The smallest absolute Gasteiger partial charge is 0.123 e. The molecule has 2 aromatic rings. The average molecular weight is 402 g/mol. The van der Waals surface area contributed by atoms with E-state index in [1.165, 1.54) is 12.1 Å². The van der Waals surface area contributed by atoms with Crippen molar-refractivity contribution < 1.29 is 9.13 Å². The number of hydrogen-bond donors (Lipinski definition) is 0. The summed E-state index contributed by atoms with van der Waals surface area (Å²) in [5.74, 6) is 0.562. The number of allylic oxidation sites excluding steroid dienone is 3. The monoisotopic (exact) mass is 401 g/mol. The topological polar surface area (TPSA) is 12.5 Å². The Balaban J connectivity index is 2.26. The molecule has 0 spiro atoms. The van der Waals surface area contributed by atoms with Gasteiger partial charge in [0.05, 0.1) is 5.03 Å². The molecule has 0 saturated heterocycles. The summed E-state index contributed by atoms with van der Waals surface area (Å²) in [6.07, 6.45) is 1.97. The van der Waals surface area contributed by atoms with E-state index >= 15 is 0 Å². The number of ether oxygens (including phenoxy) is 1. The van der Waals surface area contributed by atoms with Crippen molar-refractivity contribution in [3.8, 4) is 5.75 Å². The van der Waals surface area contributed by atoms with Gasteiger partial charge in [-0.1, -0.05) is 55.8 Å². The largest absolute Gasteiger partial charge is 0.492 e. The molecular formula is C24H29ClFNO. The SMILES string of the molecule is C/C=C(C)/C(Cl)=C(/c1ccc(F)cc1)c1ccc(OCCN(CC)CC)cc1. The van der Waals surface area contributed by atoms with E-state index in [0.717, 1.165) is 47.7 Å². The Bertz CT molecular complexity index is 806. The van der Waals surface area contributed by atoms with Crippen LogP contribution in [0.15, 0.2) is 65.2 Å². The van der Waals surface area contributed by atoms with E-state index in [9.17, 15) is 4.39 Å². The molecular weight excluding hydrogens is 373 g/mol. The van der Waals surface area contributed by atoms with Crippen LogP contribution in [0.1, 0.15) is 38.8 Å². The number of halogens is 2. The van der Waals surface area contributed by atoms with Crippen LogP contribution in [0.25, 0.3) is 5.57 Å². The molecule has 0 heterocycles. The molecule has 0 fully saturated rings. The molecule has 2 rings (SSSR count). The van der Waals surface area contributed by atoms with Gasteiger partial charge in [-0.05, 0) is 67.9 Å².